The SMILES string of the molecule is CCCC(NC(=O)CCC(=O)c1ccc(C)s1)C(=O)N1CCc2sccc2C1. The van der Waals surface area contributed by atoms with Gasteiger partial charge in [-0.25, -0.2) is 0 Å². The van der Waals surface area contributed by atoms with E-state index in [0.29, 0.717) is 24.4 Å². The van der Waals surface area contributed by atoms with Gasteiger partial charge in [0.2, 0.25) is 11.8 Å². The highest BCUT2D eigenvalue weighted by molar-refractivity contribution is 7.14. The van der Waals surface area contributed by atoms with Crippen molar-refractivity contribution >= 4 is 40.3 Å². The van der Waals surface area contributed by atoms with Crippen LogP contribution in [-0.2, 0) is 22.6 Å². The van der Waals surface area contributed by atoms with Crippen LogP contribution in [0.4, 0.5) is 0 Å². The molecule has 0 saturated carbocycles. The highest BCUT2D eigenvalue weighted by Crippen LogP contribution is 2.24. The van der Waals surface area contributed by atoms with Crippen LogP contribution in [0, 0.1) is 6.92 Å². The van der Waals surface area contributed by atoms with Crippen LogP contribution in [0.1, 0.15) is 57.6 Å². The van der Waals surface area contributed by atoms with Gasteiger partial charge in [0.25, 0.3) is 0 Å². The van der Waals surface area contributed by atoms with Crippen molar-refractivity contribution in [1.82, 2.24) is 10.2 Å². The Morgan fingerprint density at radius 3 is 2.75 bits per heavy atom. The number of thiophene rings is 2. The van der Waals surface area contributed by atoms with Crippen LogP contribution < -0.4 is 5.32 Å². The number of hydrogen-bond acceptors (Lipinski definition) is 5. The summed E-state index contributed by atoms with van der Waals surface area (Å²) in [6.45, 7) is 5.26. The predicted octanol–water partition coefficient (Wildman–Crippen LogP) is 3.95. The monoisotopic (exact) mass is 418 g/mol. The van der Waals surface area contributed by atoms with E-state index < -0.39 is 6.04 Å². The van der Waals surface area contributed by atoms with Gasteiger partial charge in [-0.3, -0.25) is 14.4 Å². The van der Waals surface area contributed by atoms with Crippen molar-refractivity contribution in [2.45, 2.75) is 58.5 Å². The molecule has 1 atom stereocenters. The molecule has 2 amide bonds. The summed E-state index contributed by atoms with van der Waals surface area (Å²) in [4.78, 5) is 42.5. The largest absolute Gasteiger partial charge is 0.344 e. The smallest absolute Gasteiger partial charge is 0.245 e. The number of rotatable bonds is 8. The lowest BCUT2D eigenvalue weighted by Crippen LogP contribution is -2.49. The summed E-state index contributed by atoms with van der Waals surface area (Å²) in [5.74, 6) is -0.276. The fourth-order valence-corrected chi connectivity index (χ4v) is 5.13. The molecular formula is C21H26N2O3S2. The summed E-state index contributed by atoms with van der Waals surface area (Å²) in [7, 11) is 0. The number of carbonyl (C=O) groups is 3. The molecule has 1 unspecified atom stereocenters. The molecule has 7 heteroatoms. The molecule has 1 N–H and O–H groups in total. The van der Waals surface area contributed by atoms with Gasteiger partial charge in [-0.05, 0) is 48.9 Å². The van der Waals surface area contributed by atoms with Crippen molar-refractivity contribution in [3.63, 3.8) is 0 Å². The fourth-order valence-electron chi connectivity index (χ4n) is 3.40. The number of carbonyl (C=O) groups excluding carboxylic acids is 3. The molecule has 1 aliphatic heterocycles. The maximum atomic E-state index is 13.0. The van der Waals surface area contributed by atoms with Crippen molar-refractivity contribution in [2.24, 2.45) is 0 Å². The molecule has 5 nitrogen and oxygen atoms in total. The van der Waals surface area contributed by atoms with Gasteiger partial charge >= 0.3 is 0 Å². The molecule has 0 saturated heterocycles. The van der Waals surface area contributed by atoms with Crippen LogP contribution in [0.15, 0.2) is 23.6 Å². The molecule has 0 aromatic carbocycles. The number of Topliss-reactive ketones (excluding diaryl/α,β-unsaturated/α-hetero) is 1. The van der Waals surface area contributed by atoms with Crippen LogP contribution in [0.2, 0.25) is 0 Å². The number of fused-ring (bicyclic) bond motifs is 1. The molecule has 2 aromatic rings. The Hall–Kier alpha value is -1.99. The molecule has 0 spiro atoms. The molecule has 150 valence electrons. The Labute approximate surface area is 173 Å². The fraction of sp³-hybridized carbons (Fsp3) is 0.476. The standard InChI is InChI=1S/C21H26N2O3S2/c1-3-4-16(21(26)23-11-9-18-15(13-23)10-12-27-18)22-20(25)8-6-17(24)19-7-5-14(2)28-19/h5,7,10,12,16H,3-4,6,8-9,11,13H2,1-2H3,(H,22,25). The average molecular weight is 419 g/mol. The normalized spacial score (nSPS) is 14.4. The second kappa shape index (κ2) is 9.47. The van der Waals surface area contributed by atoms with Gasteiger partial charge < -0.3 is 10.2 Å². The van der Waals surface area contributed by atoms with Crippen molar-refractivity contribution < 1.29 is 14.4 Å². The van der Waals surface area contributed by atoms with Gasteiger partial charge in [-0.15, -0.1) is 22.7 Å². The lowest BCUT2D eigenvalue weighted by atomic mass is 10.1. The van der Waals surface area contributed by atoms with Crippen LogP contribution in [0.25, 0.3) is 0 Å². The minimum atomic E-state index is -0.517. The number of amides is 2. The summed E-state index contributed by atoms with van der Waals surface area (Å²) in [6.07, 6.45) is 2.57. The maximum Gasteiger partial charge on any atom is 0.245 e. The zero-order chi connectivity index (χ0) is 20.1. The van der Waals surface area contributed by atoms with E-state index in [0.717, 1.165) is 17.7 Å². The van der Waals surface area contributed by atoms with Gasteiger partial charge in [0, 0.05) is 35.7 Å². The zero-order valence-electron chi connectivity index (χ0n) is 16.3. The summed E-state index contributed by atoms with van der Waals surface area (Å²) in [5.41, 5.74) is 1.21. The molecule has 0 aliphatic carbocycles. The first-order valence-corrected chi connectivity index (χ1v) is 11.4. The van der Waals surface area contributed by atoms with E-state index in [9.17, 15) is 14.4 Å². The van der Waals surface area contributed by atoms with Gasteiger partial charge in [0.05, 0.1) is 4.88 Å². The first-order chi connectivity index (χ1) is 13.5. The average Bonchev–Trinajstić information content (AvgIpc) is 3.33. The summed E-state index contributed by atoms with van der Waals surface area (Å²) >= 11 is 3.19. The highest BCUT2D eigenvalue weighted by atomic mass is 32.1. The Morgan fingerprint density at radius 1 is 1.21 bits per heavy atom. The topological polar surface area (TPSA) is 66.5 Å². The maximum absolute atomic E-state index is 13.0. The lowest BCUT2D eigenvalue weighted by molar-refractivity contribution is -0.137. The zero-order valence-corrected chi connectivity index (χ0v) is 18.0. The predicted molar refractivity (Wildman–Crippen MR) is 113 cm³/mol. The highest BCUT2D eigenvalue weighted by Gasteiger charge is 2.28. The molecule has 3 heterocycles. The van der Waals surface area contributed by atoms with Crippen molar-refractivity contribution in [3.8, 4) is 0 Å². The molecule has 0 bridgehead atoms. The van der Waals surface area contributed by atoms with E-state index in [1.165, 1.54) is 21.8 Å². The second-order valence-electron chi connectivity index (χ2n) is 7.12. The summed E-state index contributed by atoms with van der Waals surface area (Å²) < 4.78 is 0. The van der Waals surface area contributed by atoms with Crippen LogP contribution in [0.3, 0.4) is 0 Å². The van der Waals surface area contributed by atoms with E-state index in [1.54, 1.807) is 17.4 Å². The second-order valence-corrected chi connectivity index (χ2v) is 9.41. The minimum Gasteiger partial charge on any atom is -0.344 e. The van der Waals surface area contributed by atoms with E-state index in [2.05, 4.69) is 16.8 Å². The lowest BCUT2D eigenvalue weighted by Gasteiger charge is -2.31. The molecule has 3 rings (SSSR count). The van der Waals surface area contributed by atoms with Crippen molar-refractivity contribution in [1.29, 1.82) is 0 Å². The van der Waals surface area contributed by atoms with E-state index in [4.69, 9.17) is 0 Å². The van der Waals surface area contributed by atoms with Crippen molar-refractivity contribution in [3.05, 3.63) is 43.8 Å². The first kappa shape index (κ1) is 20.7. The van der Waals surface area contributed by atoms with E-state index in [1.807, 2.05) is 24.8 Å². The third-order valence-corrected chi connectivity index (χ3v) is 6.99. The Bertz CT molecular complexity index is 855. The number of nitrogens with one attached hydrogen (secondary N) is 1. The van der Waals surface area contributed by atoms with Gasteiger partial charge in [-0.1, -0.05) is 13.3 Å². The Balaban J connectivity index is 1.54. The third-order valence-electron chi connectivity index (χ3n) is 4.92. The number of aryl methyl sites for hydroxylation is 1. The third kappa shape index (κ3) is 5.08. The number of nitrogens with zero attached hydrogens (tertiary/aromatic N) is 1. The summed E-state index contributed by atoms with van der Waals surface area (Å²) in [5, 5.41) is 4.93. The minimum absolute atomic E-state index is 0.0207. The molecule has 28 heavy (non-hydrogen) atoms. The van der Waals surface area contributed by atoms with Crippen LogP contribution in [0.5, 0.6) is 0 Å². The molecule has 2 aromatic heterocycles. The van der Waals surface area contributed by atoms with Gasteiger partial charge in [-0.2, -0.15) is 0 Å². The summed E-state index contributed by atoms with van der Waals surface area (Å²) in [6, 6.07) is 5.27. The Morgan fingerprint density at radius 2 is 2.04 bits per heavy atom. The van der Waals surface area contributed by atoms with Gasteiger partial charge in [0.15, 0.2) is 5.78 Å². The van der Waals surface area contributed by atoms with Gasteiger partial charge in [0.1, 0.15) is 6.04 Å². The first-order valence-electron chi connectivity index (χ1n) is 9.71. The number of ketones is 1. The molecule has 1 aliphatic rings. The van der Waals surface area contributed by atoms with Crippen molar-refractivity contribution in [2.75, 3.05) is 6.54 Å². The van der Waals surface area contributed by atoms with Crippen LogP contribution in [-0.4, -0.2) is 35.1 Å². The number of hydrogen-bond donors (Lipinski definition) is 1. The van der Waals surface area contributed by atoms with E-state index in [-0.39, 0.29) is 30.4 Å². The molecular weight excluding hydrogens is 392 g/mol. The Kier molecular flexibility index (Phi) is 7.02. The quantitative estimate of drug-likeness (QED) is 0.660. The van der Waals surface area contributed by atoms with E-state index >= 15 is 0 Å². The van der Waals surface area contributed by atoms with Crippen LogP contribution >= 0.6 is 22.7 Å². The molecule has 0 fully saturated rings. The molecule has 0 radical (unpaired) electrons.